The molecule has 1 heterocycles. The van der Waals surface area contributed by atoms with Gasteiger partial charge in [0.2, 0.25) is 5.16 Å². The molecule has 1 aromatic heterocycles. The number of benzene rings is 2. The minimum atomic E-state index is 0.689. The molecule has 0 spiro atoms. The summed E-state index contributed by atoms with van der Waals surface area (Å²) in [5, 5.41) is 13.2. The van der Waals surface area contributed by atoms with E-state index in [2.05, 4.69) is 46.6 Å². The van der Waals surface area contributed by atoms with Crippen LogP contribution in [0.2, 0.25) is 0 Å². The van der Waals surface area contributed by atoms with Crippen molar-refractivity contribution in [2.24, 2.45) is 0 Å². The normalized spacial score (nSPS) is 10.7. The third kappa shape index (κ3) is 3.05. The van der Waals surface area contributed by atoms with Crippen LogP contribution in [0.1, 0.15) is 11.1 Å². The van der Waals surface area contributed by atoms with Crippen LogP contribution >= 0.6 is 11.8 Å². The molecule has 20 heavy (non-hydrogen) atoms. The van der Waals surface area contributed by atoms with Crippen molar-refractivity contribution in [1.82, 2.24) is 20.2 Å². The SMILES string of the molecule is Cc1ccc(CSc2nnn(-c3ccccc3)n2)cc1. The van der Waals surface area contributed by atoms with Gasteiger partial charge in [0.1, 0.15) is 0 Å². The van der Waals surface area contributed by atoms with Crippen LogP contribution in [0, 0.1) is 6.92 Å². The molecule has 0 aliphatic carbocycles. The summed E-state index contributed by atoms with van der Waals surface area (Å²) in [5.41, 5.74) is 3.45. The van der Waals surface area contributed by atoms with Crippen LogP contribution in [0.4, 0.5) is 0 Å². The summed E-state index contributed by atoms with van der Waals surface area (Å²) < 4.78 is 0. The van der Waals surface area contributed by atoms with Crippen molar-refractivity contribution >= 4 is 11.8 Å². The highest BCUT2D eigenvalue weighted by atomic mass is 32.2. The van der Waals surface area contributed by atoms with Crippen LogP contribution < -0.4 is 0 Å². The van der Waals surface area contributed by atoms with Crippen LogP contribution in [-0.2, 0) is 5.75 Å². The second-order valence-electron chi connectivity index (χ2n) is 4.47. The molecule has 4 nitrogen and oxygen atoms in total. The van der Waals surface area contributed by atoms with Gasteiger partial charge in [0.05, 0.1) is 5.69 Å². The number of hydrogen-bond donors (Lipinski definition) is 0. The number of tetrazole rings is 1. The van der Waals surface area contributed by atoms with Crippen molar-refractivity contribution in [1.29, 1.82) is 0 Å². The number of aryl methyl sites for hydroxylation is 1. The highest BCUT2D eigenvalue weighted by Crippen LogP contribution is 2.19. The van der Waals surface area contributed by atoms with Gasteiger partial charge in [-0.25, -0.2) is 0 Å². The predicted molar refractivity (Wildman–Crippen MR) is 79.9 cm³/mol. The predicted octanol–water partition coefficient (Wildman–Crippen LogP) is 3.26. The number of aromatic nitrogens is 4. The summed E-state index contributed by atoms with van der Waals surface area (Å²) >= 11 is 1.59. The second kappa shape index (κ2) is 5.88. The fourth-order valence-corrected chi connectivity index (χ4v) is 2.48. The van der Waals surface area contributed by atoms with Gasteiger partial charge in [-0.2, -0.15) is 0 Å². The van der Waals surface area contributed by atoms with E-state index in [0.29, 0.717) is 5.16 Å². The van der Waals surface area contributed by atoms with Crippen LogP contribution in [0.25, 0.3) is 5.69 Å². The fourth-order valence-electron chi connectivity index (χ4n) is 1.76. The third-order valence-corrected chi connectivity index (χ3v) is 3.77. The molecular weight excluding hydrogens is 268 g/mol. The van der Waals surface area contributed by atoms with Gasteiger partial charge in [0, 0.05) is 5.75 Å². The molecule has 0 bridgehead atoms. The highest BCUT2D eigenvalue weighted by Gasteiger charge is 2.05. The largest absolute Gasteiger partial charge is 0.231 e. The maximum atomic E-state index is 4.37. The van der Waals surface area contributed by atoms with E-state index in [1.165, 1.54) is 11.1 Å². The van der Waals surface area contributed by atoms with E-state index in [-0.39, 0.29) is 0 Å². The van der Waals surface area contributed by atoms with E-state index in [0.717, 1.165) is 11.4 Å². The van der Waals surface area contributed by atoms with Crippen molar-refractivity contribution in [2.75, 3.05) is 0 Å². The first-order valence-electron chi connectivity index (χ1n) is 6.35. The molecular formula is C15H14N4S. The molecule has 3 aromatic rings. The monoisotopic (exact) mass is 282 g/mol. The molecule has 0 atom stereocenters. The molecule has 0 N–H and O–H groups in total. The number of rotatable bonds is 4. The lowest BCUT2D eigenvalue weighted by Crippen LogP contribution is -1.97. The summed E-state index contributed by atoms with van der Waals surface area (Å²) in [5.74, 6) is 0.848. The van der Waals surface area contributed by atoms with E-state index in [4.69, 9.17) is 0 Å². The summed E-state index contributed by atoms with van der Waals surface area (Å²) in [6, 6.07) is 18.3. The van der Waals surface area contributed by atoms with Gasteiger partial charge < -0.3 is 0 Å². The number of para-hydroxylation sites is 1. The van der Waals surface area contributed by atoms with Crippen molar-refractivity contribution in [3.05, 3.63) is 65.7 Å². The van der Waals surface area contributed by atoms with Gasteiger partial charge in [-0.1, -0.05) is 59.8 Å². The Morgan fingerprint density at radius 2 is 1.75 bits per heavy atom. The third-order valence-electron chi connectivity index (χ3n) is 2.87. The lowest BCUT2D eigenvalue weighted by atomic mass is 10.2. The van der Waals surface area contributed by atoms with Crippen LogP contribution in [0.15, 0.2) is 59.8 Å². The summed E-state index contributed by atoms with van der Waals surface area (Å²) in [4.78, 5) is 1.55. The number of nitrogens with zero attached hydrogens (tertiary/aromatic N) is 4. The molecule has 0 aliphatic rings. The van der Waals surface area contributed by atoms with E-state index < -0.39 is 0 Å². The summed E-state index contributed by atoms with van der Waals surface area (Å²) in [7, 11) is 0. The minimum absolute atomic E-state index is 0.689. The second-order valence-corrected chi connectivity index (χ2v) is 5.41. The van der Waals surface area contributed by atoms with Gasteiger partial charge in [-0.05, 0) is 29.8 Å². The van der Waals surface area contributed by atoms with E-state index in [1.807, 2.05) is 30.3 Å². The molecule has 3 rings (SSSR count). The Hall–Kier alpha value is -2.14. The highest BCUT2D eigenvalue weighted by molar-refractivity contribution is 7.98. The van der Waals surface area contributed by atoms with Gasteiger partial charge in [0.25, 0.3) is 0 Å². The molecule has 0 aliphatic heterocycles. The van der Waals surface area contributed by atoms with Gasteiger partial charge in [-0.15, -0.1) is 15.0 Å². The molecule has 0 unspecified atom stereocenters. The van der Waals surface area contributed by atoms with Crippen molar-refractivity contribution < 1.29 is 0 Å². The van der Waals surface area contributed by atoms with Crippen LogP contribution in [-0.4, -0.2) is 20.2 Å². The fraction of sp³-hybridized carbons (Fsp3) is 0.133. The first-order chi connectivity index (χ1) is 9.81. The Morgan fingerprint density at radius 3 is 2.50 bits per heavy atom. The molecule has 0 saturated carbocycles. The number of hydrogen-bond acceptors (Lipinski definition) is 4. The van der Waals surface area contributed by atoms with E-state index >= 15 is 0 Å². The van der Waals surface area contributed by atoms with E-state index in [1.54, 1.807) is 16.6 Å². The lowest BCUT2D eigenvalue weighted by molar-refractivity contribution is 0.717. The Kier molecular flexibility index (Phi) is 3.78. The van der Waals surface area contributed by atoms with Gasteiger partial charge in [-0.3, -0.25) is 0 Å². The Morgan fingerprint density at radius 1 is 1.00 bits per heavy atom. The Bertz CT molecular complexity index is 677. The van der Waals surface area contributed by atoms with Crippen molar-refractivity contribution in [3.8, 4) is 5.69 Å². The maximum Gasteiger partial charge on any atom is 0.231 e. The molecule has 0 radical (unpaired) electrons. The van der Waals surface area contributed by atoms with Crippen molar-refractivity contribution in [2.45, 2.75) is 17.8 Å². The minimum Gasteiger partial charge on any atom is -0.130 e. The zero-order chi connectivity index (χ0) is 13.8. The summed E-state index contributed by atoms with van der Waals surface area (Å²) in [6.07, 6.45) is 0. The molecule has 0 amide bonds. The average Bonchev–Trinajstić information content (AvgIpc) is 2.97. The Balaban J connectivity index is 1.67. The molecule has 0 fully saturated rings. The van der Waals surface area contributed by atoms with E-state index in [9.17, 15) is 0 Å². The topological polar surface area (TPSA) is 43.6 Å². The Labute approximate surface area is 121 Å². The van der Waals surface area contributed by atoms with Crippen LogP contribution in [0.5, 0.6) is 0 Å². The first-order valence-corrected chi connectivity index (χ1v) is 7.33. The van der Waals surface area contributed by atoms with Gasteiger partial charge in [0.15, 0.2) is 0 Å². The average molecular weight is 282 g/mol. The first kappa shape index (κ1) is 12.9. The van der Waals surface area contributed by atoms with Crippen molar-refractivity contribution in [3.63, 3.8) is 0 Å². The smallest absolute Gasteiger partial charge is 0.130 e. The zero-order valence-corrected chi connectivity index (χ0v) is 11.9. The molecule has 100 valence electrons. The lowest BCUT2D eigenvalue weighted by Gasteiger charge is -1.99. The van der Waals surface area contributed by atoms with Crippen LogP contribution in [0.3, 0.4) is 0 Å². The zero-order valence-electron chi connectivity index (χ0n) is 11.1. The number of thioether (sulfide) groups is 1. The standard InChI is InChI=1S/C15H14N4S/c1-12-7-9-13(10-8-12)11-20-15-16-18-19(17-15)14-5-3-2-4-6-14/h2-10H,11H2,1H3. The maximum absolute atomic E-state index is 4.37. The quantitative estimate of drug-likeness (QED) is 0.689. The van der Waals surface area contributed by atoms with Gasteiger partial charge >= 0.3 is 0 Å². The molecule has 0 saturated heterocycles. The molecule has 2 aromatic carbocycles. The molecule has 5 heteroatoms. The summed E-state index contributed by atoms with van der Waals surface area (Å²) in [6.45, 7) is 2.09.